The third-order valence-corrected chi connectivity index (χ3v) is 14.3. The van der Waals surface area contributed by atoms with E-state index in [9.17, 15) is 24.0 Å². The lowest BCUT2D eigenvalue weighted by Crippen LogP contribution is -2.52. The molecule has 3 atom stereocenters. The van der Waals surface area contributed by atoms with Crippen LogP contribution in [0.2, 0.25) is 0 Å². The number of nitrogens with two attached hydrogens (primary N) is 1. The van der Waals surface area contributed by atoms with Crippen molar-refractivity contribution in [3.63, 3.8) is 0 Å². The molecule has 1 aliphatic carbocycles. The molecule has 22 heteroatoms. The van der Waals surface area contributed by atoms with Gasteiger partial charge in [-0.05, 0) is 103 Å². The second-order valence-electron chi connectivity index (χ2n) is 19.2. The van der Waals surface area contributed by atoms with Gasteiger partial charge in [-0.3, -0.25) is 48.9 Å². The number of benzene rings is 2. The number of ether oxygens (including phenoxy) is 4. The fourth-order valence-corrected chi connectivity index (χ4v) is 10.6. The summed E-state index contributed by atoms with van der Waals surface area (Å²) in [7, 11) is 1.39. The van der Waals surface area contributed by atoms with E-state index in [0.29, 0.717) is 114 Å². The molecule has 1 saturated carbocycles. The predicted octanol–water partition coefficient (Wildman–Crippen LogP) is 4.76. The zero-order chi connectivity index (χ0) is 51.1. The Balaban J connectivity index is 1.08. The number of esters is 1. The Morgan fingerprint density at radius 2 is 1.19 bits per heavy atom. The molecule has 4 aromatic heterocycles. The van der Waals surface area contributed by atoms with Gasteiger partial charge in [0, 0.05) is 56.4 Å². The minimum Gasteiger partial charge on any atom is -0.490 e. The van der Waals surface area contributed by atoms with Crippen LogP contribution >= 0.6 is 0 Å². The number of amides is 4. The number of allylic oxidation sites excluding steroid dienone is 2. The Bertz CT molecular complexity index is 3150. The van der Waals surface area contributed by atoms with E-state index in [0.717, 1.165) is 12.8 Å². The van der Waals surface area contributed by atoms with Crippen molar-refractivity contribution in [1.29, 1.82) is 0 Å². The molecule has 2 bridgehead atoms. The number of rotatable bonds is 11. The van der Waals surface area contributed by atoms with Gasteiger partial charge in [-0.1, -0.05) is 12.2 Å². The second kappa shape index (κ2) is 20.5. The monoisotopic (exact) mass is 999 g/mol. The van der Waals surface area contributed by atoms with E-state index in [1.54, 1.807) is 45.8 Å². The lowest BCUT2D eigenvalue weighted by atomic mass is 9.86. The average Bonchev–Trinajstić information content (AvgIpc) is 4.21. The number of hydrogen-bond donors (Lipinski definition) is 4. The van der Waals surface area contributed by atoms with Crippen molar-refractivity contribution in [2.24, 2.45) is 11.7 Å². The summed E-state index contributed by atoms with van der Waals surface area (Å²) >= 11 is 0. The lowest BCUT2D eigenvalue weighted by molar-refractivity contribution is -0.146. The number of carbonyl (C=O) groups excluding carboxylic acids is 5. The summed E-state index contributed by atoms with van der Waals surface area (Å²) in [4.78, 5) is 79.8. The molecular weight excluding hydrogens is 939 g/mol. The van der Waals surface area contributed by atoms with Gasteiger partial charge in [0.1, 0.15) is 47.1 Å². The van der Waals surface area contributed by atoms with Crippen molar-refractivity contribution in [2.45, 2.75) is 117 Å². The topological polar surface area (TPSA) is 259 Å². The Hall–Kier alpha value is -7.59. The Morgan fingerprint density at radius 3 is 1.68 bits per heavy atom. The van der Waals surface area contributed by atoms with Crippen molar-refractivity contribution in [3.05, 3.63) is 82.5 Å². The fourth-order valence-electron chi connectivity index (χ4n) is 10.6. The van der Waals surface area contributed by atoms with Gasteiger partial charge in [-0.15, -0.1) is 0 Å². The maximum absolute atomic E-state index is 14.3. The fraction of sp³-hybridized carbons (Fsp3) is 0.471. The van der Waals surface area contributed by atoms with Crippen molar-refractivity contribution in [1.82, 2.24) is 48.9 Å². The number of anilines is 2. The van der Waals surface area contributed by atoms with E-state index in [2.05, 4.69) is 31.0 Å². The van der Waals surface area contributed by atoms with Crippen LogP contribution in [-0.2, 0) is 40.4 Å². The standard InChI is InChI=1S/C51H61N13O9/c1-6-63-39(18-28(3)58-63)47(67)56-50-54-37-20-31(45(52)65)22-41-43(37)61(50)16-8-9-17-62-44-38(55-51(62)57-48(68)40-19-29(4)59-64(40)7-2)21-32(46(66)53-33-12-10-30(11-13-33)49(69)70-5)23-42(44)72-27-34(26-71-41)60-24-35-14-15-36(25-60)73-35/h8-9,18-23,30,33-36H,6-7,10-17,24-27H2,1-5H3,(H2,52,65)(H,53,66)(H,54,56,67)(H,55,57,68)/b9-8+. The van der Waals surface area contributed by atoms with Crippen molar-refractivity contribution in [3.8, 4) is 11.5 Å². The van der Waals surface area contributed by atoms with Gasteiger partial charge in [0.2, 0.25) is 17.8 Å². The smallest absolute Gasteiger partial charge is 0.308 e. The minimum atomic E-state index is -0.681. The van der Waals surface area contributed by atoms with E-state index in [-0.39, 0.29) is 79.8 Å². The van der Waals surface area contributed by atoms with Crippen molar-refractivity contribution >= 4 is 63.6 Å². The normalized spacial score (nSPS) is 21.6. The summed E-state index contributed by atoms with van der Waals surface area (Å²) < 4.78 is 31.9. The van der Waals surface area contributed by atoms with Crippen LogP contribution in [0.5, 0.6) is 11.5 Å². The van der Waals surface area contributed by atoms with E-state index in [4.69, 9.17) is 34.6 Å². The van der Waals surface area contributed by atoms with Crippen LogP contribution < -0.4 is 31.2 Å². The molecule has 4 aliphatic rings. The number of imidazole rings is 2. The van der Waals surface area contributed by atoms with Gasteiger partial charge >= 0.3 is 5.97 Å². The summed E-state index contributed by atoms with van der Waals surface area (Å²) in [6.45, 7) is 10.1. The quantitative estimate of drug-likeness (QED) is 0.101. The average molecular weight is 1000 g/mol. The molecule has 7 heterocycles. The highest BCUT2D eigenvalue weighted by Gasteiger charge is 2.38. The molecule has 4 amide bonds. The Morgan fingerprint density at radius 1 is 0.685 bits per heavy atom. The van der Waals surface area contributed by atoms with Gasteiger partial charge < -0.3 is 39.1 Å². The number of hydrogen-bond acceptors (Lipinski definition) is 14. The minimum absolute atomic E-state index is 0.0218. The summed E-state index contributed by atoms with van der Waals surface area (Å²) in [6, 6.07) is 9.43. The first kappa shape index (κ1) is 49.0. The zero-order valence-corrected chi connectivity index (χ0v) is 41.7. The van der Waals surface area contributed by atoms with Gasteiger partial charge in [-0.2, -0.15) is 10.2 Å². The Kier molecular flexibility index (Phi) is 13.8. The number of fused-ring (bicyclic) bond motifs is 2. The molecule has 384 valence electrons. The van der Waals surface area contributed by atoms with Crippen molar-refractivity contribution < 1.29 is 42.9 Å². The molecule has 2 aromatic carbocycles. The number of likely N-dealkylation sites (tertiary alicyclic amines) is 1. The van der Waals surface area contributed by atoms with Crippen LogP contribution in [-0.4, -0.2) is 131 Å². The zero-order valence-electron chi connectivity index (χ0n) is 41.7. The number of nitrogens with zero attached hydrogens (tertiary/aromatic N) is 9. The molecule has 0 radical (unpaired) electrons. The number of primary amides is 1. The third-order valence-electron chi connectivity index (χ3n) is 14.3. The third kappa shape index (κ3) is 10.00. The van der Waals surface area contributed by atoms with Gasteiger partial charge in [0.25, 0.3) is 17.7 Å². The molecule has 10 rings (SSSR count). The van der Waals surface area contributed by atoms with Crippen LogP contribution in [0.1, 0.15) is 105 Å². The first-order chi connectivity index (χ1) is 35.3. The molecular formula is C51H61N13O9. The van der Waals surface area contributed by atoms with Crippen LogP contribution in [0.4, 0.5) is 11.9 Å². The first-order valence-corrected chi connectivity index (χ1v) is 25.1. The van der Waals surface area contributed by atoms with Crippen LogP contribution in [0, 0.1) is 19.8 Å². The number of methoxy groups -OCH3 is 1. The van der Waals surface area contributed by atoms with Crippen LogP contribution in [0.15, 0.2) is 48.6 Å². The number of morpholine rings is 1. The molecule has 5 N–H and O–H groups in total. The van der Waals surface area contributed by atoms with E-state index >= 15 is 0 Å². The van der Waals surface area contributed by atoms with Gasteiger partial charge in [-0.25, -0.2) is 9.97 Å². The SMILES string of the molecule is CCn1nc(C)cc1C(=O)Nc1nc2cc(C(N)=O)cc3c2n1C/C=C/Cn1c(NC(=O)c2cc(C)nn2CC)nc2cc(C(=O)NC4CCC(C(=O)OC)CC4)cc(c21)OCC(N1CC2CCC(C1)O2)CO3. The molecule has 2 saturated heterocycles. The summed E-state index contributed by atoms with van der Waals surface area (Å²) in [5.41, 5.74) is 10.3. The van der Waals surface area contributed by atoms with E-state index in [1.807, 2.05) is 49.0 Å². The number of aryl methyl sites for hydroxylation is 4. The molecule has 0 spiro atoms. The maximum atomic E-state index is 14.3. The lowest BCUT2D eigenvalue weighted by Gasteiger charge is -2.37. The molecule has 3 aliphatic heterocycles. The van der Waals surface area contributed by atoms with Crippen LogP contribution in [0.25, 0.3) is 22.1 Å². The predicted molar refractivity (Wildman–Crippen MR) is 268 cm³/mol. The summed E-state index contributed by atoms with van der Waals surface area (Å²) in [6.07, 6.45) is 8.07. The number of carbonyl (C=O) groups is 5. The summed E-state index contributed by atoms with van der Waals surface area (Å²) in [5, 5.41) is 18.2. The molecule has 22 nitrogen and oxygen atoms in total. The maximum Gasteiger partial charge on any atom is 0.308 e. The van der Waals surface area contributed by atoms with E-state index in [1.165, 1.54) is 7.11 Å². The second-order valence-corrected chi connectivity index (χ2v) is 19.2. The molecule has 73 heavy (non-hydrogen) atoms. The summed E-state index contributed by atoms with van der Waals surface area (Å²) in [5.74, 6) is -1.26. The highest BCUT2D eigenvalue weighted by molar-refractivity contribution is 6.05. The molecule has 6 aromatic rings. The number of aromatic nitrogens is 8. The highest BCUT2D eigenvalue weighted by Crippen LogP contribution is 2.36. The molecule has 3 unspecified atom stereocenters. The van der Waals surface area contributed by atoms with Gasteiger partial charge in [0.15, 0.2) is 0 Å². The number of nitrogens with one attached hydrogen (secondary N) is 3. The highest BCUT2D eigenvalue weighted by atomic mass is 16.5. The van der Waals surface area contributed by atoms with Crippen LogP contribution in [0.3, 0.4) is 0 Å². The Labute approximate surface area is 420 Å². The van der Waals surface area contributed by atoms with Crippen molar-refractivity contribution in [2.75, 3.05) is 44.0 Å². The van der Waals surface area contributed by atoms with Gasteiger partial charge in [0.05, 0.1) is 53.7 Å². The largest absolute Gasteiger partial charge is 0.490 e. The van der Waals surface area contributed by atoms with E-state index < -0.39 is 23.8 Å². The molecule has 3 fully saturated rings. The first-order valence-electron chi connectivity index (χ1n) is 25.1.